The van der Waals surface area contributed by atoms with Gasteiger partial charge in [-0.25, -0.2) is 9.97 Å². The average molecular weight is 325 g/mol. The molecule has 1 atom stereocenters. The molecule has 1 aliphatic rings. The largest absolute Gasteiger partial charge is 0.481 e. The minimum atomic E-state index is -0.961. The van der Waals surface area contributed by atoms with Crippen molar-refractivity contribution in [2.45, 2.75) is 25.7 Å². The molecule has 2 aromatic rings. The minimum absolute atomic E-state index is 0.0790. The number of hydrogen-bond acceptors (Lipinski definition) is 5. The summed E-state index contributed by atoms with van der Waals surface area (Å²) in [6, 6.07) is 9.28. The monoisotopic (exact) mass is 325 g/mol. The standard InChI is InChI=1S/C18H19N3O3/c1-12-15(13(2)22)10-19-17(20-12)21-9-8-18(11-21,16(23)24)14-6-4-3-5-7-14/h3-7,10H,8-9,11H2,1-2H3,(H,23,24). The SMILES string of the molecule is CC(=O)c1cnc(N2CCC(C(=O)O)(c3ccccc3)C2)nc1C. The van der Waals surface area contributed by atoms with Crippen LogP contribution in [-0.2, 0) is 10.2 Å². The zero-order valence-electron chi connectivity index (χ0n) is 13.7. The molecule has 3 rings (SSSR count). The van der Waals surface area contributed by atoms with Crippen molar-refractivity contribution in [3.63, 3.8) is 0 Å². The van der Waals surface area contributed by atoms with E-state index in [1.54, 1.807) is 6.92 Å². The number of rotatable bonds is 4. The number of Topliss-reactive ketones (excluding diaryl/α,β-unsaturated/α-hetero) is 1. The number of aryl methyl sites for hydroxylation is 1. The lowest BCUT2D eigenvalue weighted by Crippen LogP contribution is -2.39. The Bertz CT molecular complexity index is 791. The second kappa shape index (κ2) is 6.03. The summed E-state index contributed by atoms with van der Waals surface area (Å²) in [5, 5.41) is 9.84. The first-order valence-electron chi connectivity index (χ1n) is 7.82. The van der Waals surface area contributed by atoms with Crippen LogP contribution in [0.4, 0.5) is 5.95 Å². The van der Waals surface area contributed by atoms with Gasteiger partial charge in [0.25, 0.3) is 0 Å². The summed E-state index contributed by atoms with van der Waals surface area (Å²) < 4.78 is 0. The first-order valence-corrected chi connectivity index (χ1v) is 7.82. The van der Waals surface area contributed by atoms with Crippen LogP contribution in [0.25, 0.3) is 0 Å². The Morgan fingerprint density at radius 2 is 1.96 bits per heavy atom. The Balaban J connectivity index is 1.92. The van der Waals surface area contributed by atoms with E-state index < -0.39 is 11.4 Å². The molecule has 0 aliphatic carbocycles. The third-order valence-corrected chi connectivity index (χ3v) is 4.63. The van der Waals surface area contributed by atoms with E-state index in [4.69, 9.17) is 0 Å². The molecule has 6 nitrogen and oxygen atoms in total. The summed E-state index contributed by atoms with van der Waals surface area (Å²) in [6.07, 6.45) is 2.01. The molecule has 1 fully saturated rings. The Hall–Kier alpha value is -2.76. The topological polar surface area (TPSA) is 83.4 Å². The lowest BCUT2D eigenvalue weighted by atomic mass is 9.80. The zero-order valence-corrected chi connectivity index (χ0v) is 13.7. The van der Waals surface area contributed by atoms with Crippen LogP contribution >= 0.6 is 0 Å². The molecule has 24 heavy (non-hydrogen) atoms. The van der Waals surface area contributed by atoms with Crippen molar-refractivity contribution in [3.8, 4) is 0 Å². The van der Waals surface area contributed by atoms with Gasteiger partial charge in [0.15, 0.2) is 5.78 Å². The fourth-order valence-electron chi connectivity index (χ4n) is 3.22. The van der Waals surface area contributed by atoms with Crippen molar-refractivity contribution in [2.24, 2.45) is 0 Å². The fourth-order valence-corrected chi connectivity index (χ4v) is 3.22. The van der Waals surface area contributed by atoms with Crippen LogP contribution in [0.1, 0.15) is 35.0 Å². The van der Waals surface area contributed by atoms with Gasteiger partial charge in [-0.2, -0.15) is 0 Å². The van der Waals surface area contributed by atoms with Crippen molar-refractivity contribution in [1.82, 2.24) is 9.97 Å². The first kappa shape index (κ1) is 16.1. The maximum Gasteiger partial charge on any atom is 0.316 e. The number of anilines is 1. The maximum atomic E-state index is 12.0. The van der Waals surface area contributed by atoms with Crippen molar-refractivity contribution in [3.05, 3.63) is 53.3 Å². The van der Waals surface area contributed by atoms with Gasteiger partial charge in [-0.15, -0.1) is 0 Å². The van der Waals surface area contributed by atoms with E-state index in [1.165, 1.54) is 13.1 Å². The maximum absolute atomic E-state index is 12.0. The summed E-state index contributed by atoms with van der Waals surface area (Å²) in [5.74, 6) is -0.450. The molecule has 2 heterocycles. The van der Waals surface area contributed by atoms with E-state index in [0.717, 1.165) is 5.56 Å². The summed E-state index contributed by atoms with van der Waals surface area (Å²) >= 11 is 0. The van der Waals surface area contributed by atoms with E-state index in [9.17, 15) is 14.7 Å². The number of carbonyl (C=O) groups is 2. The van der Waals surface area contributed by atoms with Crippen LogP contribution in [0.15, 0.2) is 36.5 Å². The molecule has 0 saturated carbocycles. The van der Waals surface area contributed by atoms with Gasteiger partial charge < -0.3 is 10.0 Å². The first-order chi connectivity index (χ1) is 11.4. The minimum Gasteiger partial charge on any atom is -0.481 e. The fraction of sp³-hybridized carbons (Fsp3) is 0.333. The third-order valence-electron chi connectivity index (χ3n) is 4.63. The van der Waals surface area contributed by atoms with Gasteiger partial charge in [-0.1, -0.05) is 30.3 Å². The van der Waals surface area contributed by atoms with Crippen LogP contribution in [-0.4, -0.2) is 39.9 Å². The summed E-state index contributed by atoms with van der Waals surface area (Å²) in [6.45, 7) is 4.11. The number of ketones is 1. The normalized spacial score (nSPS) is 20.2. The number of benzene rings is 1. The quantitative estimate of drug-likeness (QED) is 0.868. The molecule has 6 heteroatoms. The zero-order chi connectivity index (χ0) is 17.3. The van der Waals surface area contributed by atoms with E-state index in [-0.39, 0.29) is 5.78 Å². The lowest BCUT2D eigenvalue weighted by molar-refractivity contribution is -0.143. The average Bonchev–Trinajstić information content (AvgIpc) is 3.02. The van der Waals surface area contributed by atoms with Crippen molar-refractivity contribution in [2.75, 3.05) is 18.0 Å². The lowest BCUT2D eigenvalue weighted by Gasteiger charge is -2.25. The van der Waals surface area contributed by atoms with Crippen LogP contribution in [0.2, 0.25) is 0 Å². The second-order valence-electron chi connectivity index (χ2n) is 6.15. The van der Waals surface area contributed by atoms with Crippen LogP contribution in [0, 0.1) is 6.92 Å². The number of carboxylic acids is 1. The van der Waals surface area contributed by atoms with Gasteiger partial charge in [-0.05, 0) is 25.8 Å². The van der Waals surface area contributed by atoms with Crippen molar-refractivity contribution in [1.29, 1.82) is 0 Å². The van der Waals surface area contributed by atoms with Gasteiger partial charge in [0.2, 0.25) is 5.95 Å². The predicted molar refractivity (Wildman–Crippen MR) is 89.4 cm³/mol. The number of carbonyl (C=O) groups excluding carboxylic acids is 1. The molecule has 1 aromatic carbocycles. The molecule has 124 valence electrons. The van der Waals surface area contributed by atoms with Crippen LogP contribution in [0.5, 0.6) is 0 Å². The number of carboxylic acid groups (broad SMARTS) is 1. The third kappa shape index (κ3) is 2.64. The van der Waals surface area contributed by atoms with Gasteiger partial charge in [-0.3, -0.25) is 9.59 Å². The number of hydrogen-bond donors (Lipinski definition) is 1. The molecular weight excluding hydrogens is 306 g/mol. The van der Waals surface area contributed by atoms with Crippen LogP contribution < -0.4 is 4.90 Å². The summed E-state index contributed by atoms with van der Waals surface area (Å²) in [4.78, 5) is 34.0. The van der Waals surface area contributed by atoms with Gasteiger partial charge in [0, 0.05) is 19.3 Å². The Labute approximate surface area is 140 Å². The predicted octanol–water partition coefficient (Wildman–Crippen LogP) is 2.22. The Morgan fingerprint density at radius 1 is 1.25 bits per heavy atom. The van der Waals surface area contributed by atoms with E-state index in [0.29, 0.717) is 36.7 Å². The molecule has 0 spiro atoms. The van der Waals surface area contributed by atoms with Gasteiger partial charge in [0.1, 0.15) is 5.41 Å². The smallest absolute Gasteiger partial charge is 0.316 e. The van der Waals surface area contributed by atoms with E-state index in [1.807, 2.05) is 35.2 Å². The van der Waals surface area contributed by atoms with Gasteiger partial charge >= 0.3 is 5.97 Å². The van der Waals surface area contributed by atoms with Crippen LogP contribution in [0.3, 0.4) is 0 Å². The Kier molecular flexibility index (Phi) is 4.05. The van der Waals surface area contributed by atoms with Crippen molar-refractivity contribution < 1.29 is 14.7 Å². The molecule has 0 bridgehead atoms. The van der Waals surface area contributed by atoms with E-state index >= 15 is 0 Å². The number of aromatic nitrogens is 2. The highest BCUT2D eigenvalue weighted by molar-refractivity contribution is 5.94. The van der Waals surface area contributed by atoms with Gasteiger partial charge in [0.05, 0.1) is 11.3 Å². The number of aliphatic carboxylic acids is 1. The molecule has 0 amide bonds. The summed E-state index contributed by atoms with van der Waals surface area (Å²) in [7, 11) is 0. The molecule has 1 unspecified atom stereocenters. The molecule has 1 aromatic heterocycles. The molecular formula is C18H19N3O3. The highest BCUT2D eigenvalue weighted by atomic mass is 16.4. The molecule has 1 saturated heterocycles. The highest BCUT2D eigenvalue weighted by Gasteiger charge is 2.47. The summed E-state index contributed by atoms with van der Waals surface area (Å²) in [5.41, 5.74) is 0.931. The van der Waals surface area contributed by atoms with Crippen molar-refractivity contribution >= 4 is 17.7 Å². The molecule has 0 radical (unpaired) electrons. The highest BCUT2D eigenvalue weighted by Crippen LogP contribution is 2.36. The Morgan fingerprint density at radius 3 is 2.54 bits per heavy atom. The van der Waals surface area contributed by atoms with E-state index in [2.05, 4.69) is 9.97 Å². The molecule has 1 aliphatic heterocycles. The molecule has 1 N–H and O–H groups in total. The number of nitrogens with zero attached hydrogens (tertiary/aromatic N) is 3. The second-order valence-corrected chi connectivity index (χ2v) is 6.15.